The van der Waals surface area contributed by atoms with E-state index in [0.29, 0.717) is 17.9 Å². The zero-order valence-electron chi connectivity index (χ0n) is 23.2. The average molecular weight is 584 g/mol. The van der Waals surface area contributed by atoms with Crippen molar-refractivity contribution in [1.29, 1.82) is 0 Å². The van der Waals surface area contributed by atoms with Crippen LogP contribution in [0.2, 0.25) is 0 Å². The van der Waals surface area contributed by atoms with Crippen molar-refractivity contribution in [1.82, 2.24) is 10.2 Å². The molecular formula is C30H34FN3O6S. The number of nitrogens with one attached hydrogen (secondary N) is 1. The number of sulfonamides is 1. The van der Waals surface area contributed by atoms with Gasteiger partial charge in [0.1, 0.15) is 18.4 Å². The van der Waals surface area contributed by atoms with E-state index in [2.05, 4.69) is 5.32 Å². The van der Waals surface area contributed by atoms with Crippen LogP contribution < -0.4 is 19.1 Å². The maximum atomic E-state index is 14.8. The van der Waals surface area contributed by atoms with E-state index in [-0.39, 0.29) is 37.1 Å². The smallest absolute Gasteiger partial charge is 0.244 e. The van der Waals surface area contributed by atoms with Crippen LogP contribution in [0.1, 0.15) is 31.4 Å². The van der Waals surface area contributed by atoms with Crippen molar-refractivity contribution in [2.75, 3.05) is 23.9 Å². The van der Waals surface area contributed by atoms with E-state index in [4.69, 9.17) is 9.47 Å². The summed E-state index contributed by atoms with van der Waals surface area (Å²) in [5, 5.41) is 2.94. The molecule has 9 nitrogen and oxygen atoms in total. The van der Waals surface area contributed by atoms with Crippen LogP contribution in [0.4, 0.5) is 10.1 Å². The van der Waals surface area contributed by atoms with Gasteiger partial charge >= 0.3 is 0 Å². The predicted octanol–water partition coefficient (Wildman–Crippen LogP) is 3.88. The van der Waals surface area contributed by atoms with Crippen LogP contribution in [0.5, 0.6) is 11.5 Å². The van der Waals surface area contributed by atoms with Crippen LogP contribution >= 0.6 is 0 Å². The van der Waals surface area contributed by atoms with E-state index in [0.717, 1.165) is 16.1 Å². The second-order valence-corrected chi connectivity index (χ2v) is 11.9. The summed E-state index contributed by atoms with van der Waals surface area (Å²) in [4.78, 5) is 29.0. The molecule has 2 atom stereocenters. The second-order valence-electron chi connectivity index (χ2n) is 9.94. The number of rotatable bonds is 12. The fourth-order valence-corrected chi connectivity index (χ4v) is 5.30. The third-order valence-electron chi connectivity index (χ3n) is 6.89. The lowest BCUT2D eigenvalue weighted by molar-refractivity contribution is -0.140. The van der Waals surface area contributed by atoms with Crippen molar-refractivity contribution >= 4 is 27.5 Å². The van der Waals surface area contributed by atoms with Crippen molar-refractivity contribution in [2.24, 2.45) is 0 Å². The molecule has 11 heteroatoms. The van der Waals surface area contributed by atoms with Gasteiger partial charge in [0, 0.05) is 30.6 Å². The maximum Gasteiger partial charge on any atom is 0.244 e. The third kappa shape index (κ3) is 7.55. The van der Waals surface area contributed by atoms with Crippen LogP contribution in [0, 0.1) is 5.82 Å². The van der Waals surface area contributed by atoms with Crippen molar-refractivity contribution in [2.45, 2.75) is 45.3 Å². The van der Waals surface area contributed by atoms with Crippen LogP contribution in [0.25, 0.3) is 0 Å². The third-order valence-corrected chi connectivity index (χ3v) is 8.03. The van der Waals surface area contributed by atoms with Crippen LogP contribution in [-0.2, 0) is 32.6 Å². The first-order chi connectivity index (χ1) is 19.6. The number of benzene rings is 3. The first-order valence-corrected chi connectivity index (χ1v) is 15.2. The Labute approximate surface area is 239 Å². The number of hydrogen-bond donors (Lipinski definition) is 1. The largest absolute Gasteiger partial charge is 0.454 e. The molecule has 4 rings (SSSR count). The number of amides is 2. The summed E-state index contributed by atoms with van der Waals surface area (Å²) in [6.07, 6.45) is 1.80. The first-order valence-electron chi connectivity index (χ1n) is 13.3. The number of nitrogens with zero attached hydrogens (tertiary/aromatic N) is 2. The Morgan fingerprint density at radius 1 is 1.00 bits per heavy atom. The highest BCUT2D eigenvalue weighted by Crippen LogP contribution is 2.36. The molecule has 0 unspecified atom stereocenters. The monoisotopic (exact) mass is 583 g/mol. The van der Waals surface area contributed by atoms with Crippen molar-refractivity contribution in [3.63, 3.8) is 0 Å². The van der Waals surface area contributed by atoms with E-state index >= 15 is 0 Å². The van der Waals surface area contributed by atoms with Gasteiger partial charge in [-0.1, -0.05) is 55.5 Å². The van der Waals surface area contributed by atoms with Crippen molar-refractivity contribution < 1.29 is 31.9 Å². The first kappa shape index (κ1) is 29.9. The molecule has 0 aromatic heterocycles. The lowest BCUT2D eigenvalue weighted by atomic mass is 10.0. The van der Waals surface area contributed by atoms with Crippen molar-refractivity contribution in [3.05, 3.63) is 89.7 Å². The Bertz CT molecular complexity index is 1480. The average Bonchev–Trinajstić information content (AvgIpc) is 3.42. The van der Waals surface area contributed by atoms with Gasteiger partial charge in [-0.15, -0.1) is 0 Å². The molecule has 1 aliphatic heterocycles. The summed E-state index contributed by atoms with van der Waals surface area (Å²) >= 11 is 0. The molecule has 0 saturated carbocycles. The van der Waals surface area contributed by atoms with E-state index < -0.39 is 40.2 Å². The topological polar surface area (TPSA) is 105 Å². The Hall–Kier alpha value is -4.12. The quantitative estimate of drug-likeness (QED) is 0.347. The molecule has 3 aromatic rings. The number of halogens is 1. The van der Waals surface area contributed by atoms with Crippen LogP contribution in [0.15, 0.2) is 72.8 Å². The van der Waals surface area contributed by atoms with Gasteiger partial charge in [-0.2, -0.15) is 0 Å². The zero-order chi connectivity index (χ0) is 29.6. The van der Waals surface area contributed by atoms with Crippen LogP contribution in [0.3, 0.4) is 0 Å². The van der Waals surface area contributed by atoms with E-state index in [9.17, 15) is 22.4 Å². The molecule has 0 bridgehead atoms. The summed E-state index contributed by atoms with van der Waals surface area (Å²) in [7, 11) is -3.96. The Morgan fingerprint density at radius 2 is 1.68 bits per heavy atom. The molecular weight excluding hydrogens is 549 g/mol. The SMILES string of the molecule is CC[C@@H](C)NC(=O)[C@@H](Cc1ccccc1)N(Cc1ccccc1F)C(=O)CN(c1ccc2c(c1)OCO2)S(C)(=O)=O. The summed E-state index contributed by atoms with van der Waals surface area (Å²) in [5.74, 6) is -0.818. The van der Waals surface area contributed by atoms with Gasteiger partial charge < -0.3 is 19.7 Å². The highest BCUT2D eigenvalue weighted by Gasteiger charge is 2.34. The standard InChI is InChI=1S/C30H34FN3O6S/c1-4-21(2)32-30(36)26(16-22-10-6-5-7-11-22)33(18-23-12-8-9-13-25(23)31)29(35)19-34(41(3,37)38)24-14-15-27-28(17-24)40-20-39-27/h5-15,17,21,26H,4,16,18-20H2,1-3H3,(H,32,36)/t21-,26-/m1/s1. The van der Waals surface area contributed by atoms with Crippen molar-refractivity contribution in [3.8, 4) is 11.5 Å². The normalized spacial score (nSPS) is 13.8. The van der Waals surface area contributed by atoms with Gasteiger partial charge in [0.05, 0.1) is 11.9 Å². The highest BCUT2D eigenvalue weighted by atomic mass is 32.2. The molecule has 1 aliphatic rings. The predicted molar refractivity (Wildman–Crippen MR) is 154 cm³/mol. The zero-order valence-corrected chi connectivity index (χ0v) is 24.1. The van der Waals surface area contributed by atoms with Gasteiger partial charge in [0.25, 0.3) is 0 Å². The van der Waals surface area contributed by atoms with E-state index in [1.54, 1.807) is 12.1 Å². The molecule has 0 saturated heterocycles. The molecule has 3 aromatic carbocycles. The van der Waals surface area contributed by atoms with Gasteiger partial charge in [0.15, 0.2) is 11.5 Å². The van der Waals surface area contributed by atoms with Gasteiger partial charge in [-0.05, 0) is 37.1 Å². The number of fused-ring (bicyclic) bond motifs is 1. The Balaban J connectivity index is 1.74. The van der Waals surface area contributed by atoms with E-state index in [1.807, 2.05) is 44.2 Å². The van der Waals surface area contributed by atoms with Gasteiger partial charge in [0.2, 0.25) is 28.6 Å². The number of hydrogen-bond acceptors (Lipinski definition) is 6. The van der Waals surface area contributed by atoms with E-state index in [1.165, 1.54) is 35.2 Å². The minimum atomic E-state index is -3.96. The molecule has 0 spiro atoms. The summed E-state index contributed by atoms with van der Waals surface area (Å²) in [6.45, 7) is 2.92. The molecule has 1 N–H and O–H groups in total. The van der Waals surface area contributed by atoms with Gasteiger partial charge in [-0.25, -0.2) is 12.8 Å². The maximum absolute atomic E-state index is 14.8. The fourth-order valence-electron chi connectivity index (χ4n) is 4.46. The van der Waals surface area contributed by atoms with Crippen LogP contribution in [-0.4, -0.2) is 56.8 Å². The second kappa shape index (κ2) is 13.0. The number of ether oxygens (including phenoxy) is 2. The molecule has 1 heterocycles. The minimum absolute atomic E-state index is 0.000526. The molecule has 2 amide bonds. The Kier molecular flexibility index (Phi) is 9.49. The number of anilines is 1. The number of carbonyl (C=O) groups excluding carboxylic acids is 2. The molecule has 41 heavy (non-hydrogen) atoms. The molecule has 0 radical (unpaired) electrons. The lowest BCUT2D eigenvalue weighted by Crippen LogP contribution is -2.54. The number of carbonyl (C=O) groups is 2. The summed E-state index contributed by atoms with van der Waals surface area (Å²) < 4.78 is 52.4. The molecule has 0 fully saturated rings. The minimum Gasteiger partial charge on any atom is -0.454 e. The summed E-state index contributed by atoms with van der Waals surface area (Å²) in [6, 6.07) is 18.5. The molecule has 218 valence electrons. The Morgan fingerprint density at radius 3 is 2.37 bits per heavy atom. The lowest BCUT2D eigenvalue weighted by Gasteiger charge is -2.34. The fraction of sp³-hybridized carbons (Fsp3) is 0.333. The molecule has 0 aliphatic carbocycles. The highest BCUT2D eigenvalue weighted by molar-refractivity contribution is 7.92. The van der Waals surface area contributed by atoms with Gasteiger partial charge in [-0.3, -0.25) is 13.9 Å². The summed E-state index contributed by atoms with van der Waals surface area (Å²) in [5.41, 5.74) is 1.18.